The third kappa shape index (κ3) is 6.09. The maximum atomic E-state index is 12.2. The van der Waals surface area contributed by atoms with Crippen LogP contribution >= 0.6 is 12.4 Å². The zero-order valence-corrected chi connectivity index (χ0v) is 13.6. The molecule has 1 rings (SSSR count). The summed E-state index contributed by atoms with van der Waals surface area (Å²) in [5.41, 5.74) is 0. The lowest BCUT2D eigenvalue weighted by atomic mass is 9.92. The van der Waals surface area contributed by atoms with Gasteiger partial charge in [-0.15, -0.1) is 12.4 Å². The highest BCUT2D eigenvalue weighted by atomic mass is 35.5. The van der Waals surface area contributed by atoms with E-state index in [1.807, 2.05) is 13.8 Å². The first-order chi connectivity index (χ1) is 8.93. The van der Waals surface area contributed by atoms with Gasteiger partial charge in [0.2, 0.25) is 5.91 Å². The van der Waals surface area contributed by atoms with E-state index in [2.05, 4.69) is 17.6 Å². The second-order valence-electron chi connectivity index (χ2n) is 5.79. The quantitative estimate of drug-likeness (QED) is 0.755. The monoisotopic (exact) mass is 306 g/mol. The largest absolute Gasteiger partial charge is 0.467 e. The van der Waals surface area contributed by atoms with Crippen LogP contribution in [0, 0.1) is 11.8 Å². The highest BCUT2D eigenvalue weighted by Crippen LogP contribution is 2.17. The van der Waals surface area contributed by atoms with Gasteiger partial charge >= 0.3 is 5.97 Å². The lowest BCUT2D eigenvalue weighted by molar-refractivity contribution is -0.146. The fraction of sp³-hybridized carbons (Fsp3) is 0.857. The summed E-state index contributed by atoms with van der Waals surface area (Å²) < 4.78 is 4.76. The van der Waals surface area contributed by atoms with E-state index in [1.54, 1.807) is 0 Å². The van der Waals surface area contributed by atoms with Gasteiger partial charge in [-0.05, 0) is 38.6 Å². The van der Waals surface area contributed by atoms with E-state index >= 15 is 0 Å². The van der Waals surface area contributed by atoms with Crippen molar-refractivity contribution in [3.8, 4) is 0 Å². The van der Waals surface area contributed by atoms with Gasteiger partial charge in [0.1, 0.15) is 6.04 Å². The van der Waals surface area contributed by atoms with Gasteiger partial charge in [0.05, 0.1) is 7.11 Å². The molecule has 0 aromatic rings. The van der Waals surface area contributed by atoms with Crippen molar-refractivity contribution in [3.05, 3.63) is 0 Å². The molecule has 5 nitrogen and oxygen atoms in total. The molecule has 20 heavy (non-hydrogen) atoms. The van der Waals surface area contributed by atoms with Crippen LogP contribution in [0.4, 0.5) is 0 Å². The minimum atomic E-state index is -0.525. The number of hydrogen-bond donors (Lipinski definition) is 2. The van der Waals surface area contributed by atoms with E-state index in [-0.39, 0.29) is 30.2 Å². The molecule has 118 valence electrons. The predicted octanol–water partition coefficient (Wildman–Crippen LogP) is 1.50. The van der Waals surface area contributed by atoms with Crippen LogP contribution in [0.3, 0.4) is 0 Å². The molecule has 0 saturated carbocycles. The molecule has 0 aliphatic carbocycles. The molecule has 1 unspecified atom stereocenters. The van der Waals surface area contributed by atoms with Crippen molar-refractivity contribution in [2.75, 3.05) is 13.7 Å². The van der Waals surface area contributed by atoms with Crippen molar-refractivity contribution >= 4 is 24.3 Å². The topological polar surface area (TPSA) is 67.4 Å². The lowest BCUT2D eigenvalue weighted by Gasteiger charge is -2.28. The highest BCUT2D eigenvalue weighted by Gasteiger charge is 2.29. The van der Waals surface area contributed by atoms with E-state index in [0.29, 0.717) is 18.4 Å². The van der Waals surface area contributed by atoms with Crippen molar-refractivity contribution in [1.82, 2.24) is 10.6 Å². The molecule has 3 atom stereocenters. The molecule has 1 amide bonds. The number of esters is 1. The molecule has 0 bridgehead atoms. The number of ether oxygens (including phenoxy) is 1. The summed E-state index contributed by atoms with van der Waals surface area (Å²) >= 11 is 0. The van der Waals surface area contributed by atoms with Crippen LogP contribution in [0.15, 0.2) is 0 Å². The lowest BCUT2D eigenvalue weighted by Crippen LogP contribution is -2.48. The minimum absolute atomic E-state index is 0. The molecule has 0 aromatic carbocycles. The third-order valence-electron chi connectivity index (χ3n) is 3.50. The first kappa shape index (κ1) is 19.2. The summed E-state index contributed by atoms with van der Waals surface area (Å²) in [6, 6.07) is -0.172. The summed E-state index contributed by atoms with van der Waals surface area (Å²) in [7, 11) is 1.36. The van der Waals surface area contributed by atoms with E-state index in [1.165, 1.54) is 7.11 Å². The van der Waals surface area contributed by atoms with Gasteiger partial charge in [-0.2, -0.15) is 0 Å². The van der Waals surface area contributed by atoms with Gasteiger partial charge in [-0.3, -0.25) is 4.79 Å². The van der Waals surface area contributed by atoms with Gasteiger partial charge in [-0.25, -0.2) is 4.79 Å². The van der Waals surface area contributed by atoms with Crippen LogP contribution in [0.2, 0.25) is 0 Å². The first-order valence-corrected chi connectivity index (χ1v) is 7.05. The molecule has 1 fully saturated rings. The average molecular weight is 307 g/mol. The summed E-state index contributed by atoms with van der Waals surface area (Å²) in [5.74, 6) is -0.0552. The van der Waals surface area contributed by atoms with Gasteiger partial charge in [0, 0.05) is 12.0 Å². The number of rotatable bonds is 5. The fourth-order valence-corrected chi connectivity index (χ4v) is 2.49. The number of carbonyl (C=O) groups is 2. The second-order valence-corrected chi connectivity index (χ2v) is 5.79. The molecule has 0 aromatic heterocycles. The molecule has 1 heterocycles. The van der Waals surface area contributed by atoms with Gasteiger partial charge in [0.15, 0.2) is 0 Å². The number of nitrogens with one attached hydrogen (secondary N) is 2. The van der Waals surface area contributed by atoms with Gasteiger partial charge < -0.3 is 15.4 Å². The number of halogens is 1. The van der Waals surface area contributed by atoms with Crippen LogP contribution in [0.5, 0.6) is 0 Å². The third-order valence-corrected chi connectivity index (χ3v) is 3.50. The summed E-state index contributed by atoms with van der Waals surface area (Å²) in [6.07, 6.45) is 2.26. The first-order valence-electron chi connectivity index (χ1n) is 7.05. The number of amides is 1. The van der Waals surface area contributed by atoms with E-state index in [0.717, 1.165) is 19.4 Å². The van der Waals surface area contributed by atoms with Crippen LogP contribution in [0.1, 0.15) is 40.0 Å². The Bertz CT molecular complexity index is 324. The van der Waals surface area contributed by atoms with Crippen LogP contribution in [0.25, 0.3) is 0 Å². The number of piperidine rings is 1. The molecule has 1 aliphatic rings. The summed E-state index contributed by atoms with van der Waals surface area (Å²) in [5, 5.41) is 6.16. The Hall–Kier alpha value is -0.810. The van der Waals surface area contributed by atoms with Crippen LogP contribution < -0.4 is 10.6 Å². The van der Waals surface area contributed by atoms with Gasteiger partial charge in [-0.1, -0.05) is 13.8 Å². The Kier molecular flexibility index (Phi) is 8.81. The zero-order chi connectivity index (χ0) is 14.4. The van der Waals surface area contributed by atoms with Crippen molar-refractivity contribution in [2.24, 2.45) is 11.8 Å². The van der Waals surface area contributed by atoms with Gasteiger partial charge in [0.25, 0.3) is 0 Å². The van der Waals surface area contributed by atoms with Crippen LogP contribution in [-0.4, -0.2) is 37.6 Å². The Labute approximate surface area is 127 Å². The SMILES string of the molecule is COC(=O)C(CC(C)C)NC(=O)[C@H]1CCN[C@@H](C)C1.Cl. The number of carbonyl (C=O) groups excluding carboxylic acids is 2. The highest BCUT2D eigenvalue weighted by molar-refractivity contribution is 5.86. The fourth-order valence-electron chi connectivity index (χ4n) is 2.49. The summed E-state index contributed by atoms with van der Waals surface area (Å²) in [4.78, 5) is 23.9. The van der Waals surface area contributed by atoms with Crippen molar-refractivity contribution in [3.63, 3.8) is 0 Å². The smallest absolute Gasteiger partial charge is 0.328 e. The molecule has 0 spiro atoms. The van der Waals surface area contributed by atoms with Crippen molar-refractivity contribution in [1.29, 1.82) is 0 Å². The average Bonchev–Trinajstić information content (AvgIpc) is 2.36. The molecule has 1 aliphatic heterocycles. The Morgan fingerprint density at radius 3 is 2.55 bits per heavy atom. The second kappa shape index (κ2) is 9.19. The van der Waals surface area contributed by atoms with Crippen molar-refractivity contribution in [2.45, 2.75) is 52.1 Å². The Balaban J connectivity index is 0.00000361. The molecular formula is C14H27ClN2O3. The molecule has 2 N–H and O–H groups in total. The minimum Gasteiger partial charge on any atom is -0.467 e. The maximum Gasteiger partial charge on any atom is 0.328 e. The maximum absolute atomic E-state index is 12.2. The Morgan fingerprint density at radius 2 is 2.05 bits per heavy atom. The predicted molar refractivity (Wildman–Crippen MR) is 80.8 cm³/mol. The summed E-state index contributed by atoms with van der Waals surface area (Å²) in [6.45, 7) is 6.97. The van der Waals surface area contributed by atoms with E-state index in [4.69, 9.17) is 4.74 Å². The number of hydrogen-bond acceptors (Lipinski definition) is 4. The van der Waals surface area contributed by atoms with E-state index < -0.39 is 6.04 Å². The van der Waals surface area contributed by atoms with Crippen molar-refractivity contribution < 1.29 is 14.3 Å². The molecular weight excluding hydrogens is 280 g/mol. The molecule has 6 heteroatoms. The van der Waals surface area contributed by atoms with Crippen LogP contribution in [-0.2, 0) is 14.3 Å². The molecule has 1 saturated heterocycles. The Morgan fingerprint density at radius 1 is 1.40 bits per heavy atom. The zero-order valence-electron chi connectivity index (χ0n) is 12.8. The number of methoxy groups -OCH3 is 1. The normalized spacial score (nSPS) is 23.6. The standard InChI is InChI=1S/C14H26N2O3.ClH/c1-9(2)7-12(14(18)19-4)16-13(17)11-5-6-15-10(3)8-11;/h9-12,15H,5-8H2,1-4H3,(H,16,17);1H/t10-,11-,12?;/m0./s1. The molecule has 0 radical (unpaired) electrons. The van der Waals surface area contributed by atoms with E-state index in [9.17, 15) is 9.59 Å².